The summed E-state index contributed by atoms with van der Waals surface area (Å²) in [5.41, 5.74) is 2.61. The molecule has 5 nitrogen and oxygen atoms in total. The van der Waals surface area contributed by atoms with Crippen LogP contribution in [0.1, 0.15) is 35.7 Å². The number of amides is 2. The molecule has 20 heavy (non-hydrogen) atoms. The molecule has 1 heterocycles. The van der Waals surface area contributed by atoms with E-state index in [0.29, 0.717) is 24.9 Å². The van der Waals surface area contributed by atoms with E-state index in [1.165, 1.54) is 0 Å². The Morgan fingerprint density at radius 3 is 2.90 bits per heavy atom. The van der Waals surface area contributed by atoms with Gasteiger partial charge in [0.25, 0.3) is 5.91 Å². The molecule has 1 aromatic rings. The summed E-state index contributed by atoms with van der Waals surface area (Å²) < 4.78 is 0. The maximum absolute atomic E-state index is 12.3. The first-order valence-electron chi connectivity index (χ1n) is 7.02. The average molecular weight is 275 g/mol. The van der Waals surface area contributed by atoms with Gasteiger partial charge in [-0.15, -0.1) is 0 Å². The van der Waals surface area contributed by atoms with Crippen molar-refractivity contribution in [3.63, 3.8) is 0 Å². The van der Waals surface area contributed by atoms with E-state index in [1.54, 1.807) is 0 Å². The SMILES string of the molecule is CCNc1cc(C)ccc1C(=O)NC1CCC(=O)NC1. The van der Waals surface area contributed by atoms with Crippen molar-refractivity contribution in [1.82, 2.24) is 10.6 Å². The van der Waals surface area contributed by atoms with Crippen LogP contribution >= 0.6 is 0 Å². The molecule has 1 saturated heterocycles. The maximum atomic E-state index is 12.3. The minimum atomic E-state index is -0.0953. The molecule has 108 valence electrons. The number of rotatable bonds is 4. The topological polar surface area (TPSA) is 70.2 Å². The molecule has 1 unspecified atom stereocenters. The fourth-order valence-electron chi connectivity index (χ4n) is 2.31. The van der Waals surface area contributed by atoms with Crippen LogP contribution in [-0.4, -0.2) is 30.9 Å². The average Bonchev–Trinajstić information content (AvgIpc) is 2.42. The second-order valence-electron chi connectivity index (χ2n) is 5.09. The monoisotopic (exact) mass is 275 g/mol. The van der Waals surface area contributed by atoms with Crippen molar-refractivity contribution >= 4 is 17.5 Å². The van der Waals surface area contributed by atoms with Crippen molar-refractivity contribution < 1.29 is 9.59 Å². The lowest BCUT2D eigenvalue weighted by molar-refractivity contribution is -0.122. The Bertz CT molecular complexity index is 504. The minimum Gasteiger partial charge on any atom is -0.385 e. The largest absolute Gasteiger partial charge is 0.385 e. The normalized spacial score (nSPS) is 18.3. The van der Waals surface area contributed by atoms with Crippen LogP contribution in [0.25, 0.3) is 0 Å². The van der Waals surface area contributed by atoms with Crippen molar-refractivity contribution in [1.29, 1.82) is 0 Å². The maximum Gasteiger partial charge on any atom is 0.253 e. The van der Waals surface area contributed by atoms with Crippen molar-refractivity contribution in [2.24, 2.45) is 0 Å². The number of benzene rings is 1. The molecule has 0 aliphatic carbocycles. The second-order valence-corrected chi connectivity index (χ2v) is 5.09. The summed E-state index contributed by atoms with van der Waals surface area (Å²) in [7, 11) is 0. The highest BCUT2D eigenvalue weighted by Crippen LogP contribution is 2.18. The van der Waals surface area contributed by atoms with Crippen LogP contribution in [0.3, 0.4) is 0 Å². The Morgan fingerprint density at radius 1 is 1.45 bits per heavy atom. The van der Waals surface area contributed by atoms with Gasteiger partial charge >= 0.3 is 0 Å². The van der Waals surface area contributed by atoms with Crippen LogP contribution in [0.15, 0.2) is 18.2 Å². The zero-order chi connectivity index (χ0) is 14.5. The van der Waals surface area contributed by atoms with Gasteiger partial charge in [-0.25, -0.2) is 0 Å². The number of hydrogen-bond acceptors (Lipinski definition) is 3. The van der Waals surface area contributed by atoms with Crippen LogP contribution in [0.2, 0.25) is 0 Å². The zero-order valence-electron chi connectivity index (χ0n) is 12.0. The van der Waals surface area contributed by atoms with Crippen LogP contribution in [-0.2, 0) is 4.79 Å². The summed E-state index contributed by atoms with van der Waals surface area (Å²) in [5, 5.41) is 8.96. The van der Waals surface area contributed by atoms with Gasteiger partial charge in [-0.1, -0.05) is 6.07 Å². The van der Waals surface area contributed by atoms with Gasteiger partial charge in [0.15, 0.2) is 0 Å². The smallest absolute Gasteiger partial charge is 0.253 e. The molecule has 1 aliphatic rings. The first-order chi connectivity index (χ1) is 9.60. The lowest BCUT2D eigenvalue weighted by atomic mass is 10.0. The summed E-state index contributed by atoms with van der Waals surface area (Å²) >= 11 is 0. The molecular formula is C15H21N3O2. The Kier molecular flexibility index (Phi) is 4.61. The zero-order valence-corrected chi connectivity index (χ0v) is 12.0. The quantitative estimate of drug-likeness (QED) is 0.778. The van der Waals surface area contributed by atoms with Crippen LogP contribution in [0, 0.1) is 6.92 Å². The lowest BCUT2D eigenvalue weighted by Crippen LogP contribution is -2.47. The fraction of sp³-hybridized carbons (Fsp3) is 0.467. The Morgan fingerprint density at radius 2 is 2.25 bits per heavy atom. The van der Waals surface area contributed by atoms with Gasteiger partial charge in [0.2, 0.25) is 5.91 Å². The molecule has 1 fully saturated rings. The van der Waals surface area contributed by atoms with E-state index in [-0.39, 0.29) is 17.9 Å². The summed E-state index contributed by atoms with van der Waals surface area (Å²) in [5.74, 6) is -0.0405. The standard InChI is InChI=1S/C15H21N3O2/c1-3-16-13-8-10(2)4-6-12(13)15(20)18-11-5-7-14(19)17-9-11/h4,6,8,11,16H,3,5,7,9H2,1-2H3,(H,17,19)(H,18,20). The number of aryl methyl sites for hydroxylation is 1. The van der Waals surface area contributed by atoms with Gasteiger partial charge in [0, 0.05) is 31.2 Å². The first kappa shape index (κ1) is 14.4. The molecule has 3 N–H and O–H groups in total. The molecule has 1 atom stereocenters. The summed E-state index contributed by atoms with van der Waals surface area (Å²) in [4.78, 5) is 23.4. The fourth-order valence-corrected chi connectivity index (χ4v) is 2.31. The Hall–Kier alpha value is -2.04. The molecular weight excluding hydrogens is 254 g/mol. The predicted molar refractivity (Wildman–Crippen MR) is 78.8 cm³/mol. The van der Waals surface area contributed by atoms with E-state index < -0.39 is 0 Å². The van der Waals surface area contributed by atoms with E-state index in [2.05, 4.69) is 16.0 Å². The minimum absolute atomic E-state index is 0.0102. The third-order valence-corrected chi connectivity index (χ3v) is 3.39. The summed E-state index contributed by atoms with van der Waals surface area (Å²) in [6.45, 7) is 5.27. The predicted octanol–water partition coefficient (Wildman–Crippen LogP) is 1.44. The van der Waals surface area contributed by atoms with Crippen molar-refractivity contribution in [2.75, 3.05) is 18.4 Å². The molecule has 0 aromatic heterocycles. The number of hydrogen-bond donors (Lipinski definition) is 3. The summed E-state index contributed by atoms with van der Waals surface area (Å²) in [6.07, 6.45) is 1.17. The number of carbonyl (C=O) groups is 2. The van der Waals surface area contributed by atoms with Gasteiger partial charge in [0.1, 0.15) is 0 Å². The van der Waals surface area contributed by atoms with Crippen LogP contribution in [0.5, 0.6) is 0 Å². The van der Waals surface area contributed by atoms with Crippen molar-refractivity contribution in [3.05, 3.63) is 29.3 Å². The van der Waals surface area contributed by atoms with Gasteiger partial charge < -0.3 is 16.0 Å². The molecule has 0 spiro atoms. The lowest BCUT2D eigenvalue weighted by Gasteiger charge is -2.24. The van der Waals surface area contributed by atoms with Crippen molar-refractivity contribution in [3.8, 4) is 0 Å². The third-order valence-electron chi connectivity index (χ3n) is 3.39. The number of nitrogens with one attached hydrogen (secondary N) is 3. The Labute approximate surface area is 119 Å². The van der Waals surface area contributed by atoms with Gasteiger partial charge in [-0.2, -0.15) is 0 Å². The first-order valence-corrected chi connectivity index (χ1v) is 7.02. The van der Waals surface area contributed by atoms with Gasteiger partial charge in [-0.3, -0.25) is 9.59 Å². The summed E-state index contributed by atoms with van der Waals surface area (Å²) in [6, 6.07) is 5.75. The molecule has 5 heteroatoms. The third kappa shape index (κ3) is 3.50. The van der Waals surface area contributed by atoms with Gasteiger partial charge in [0.05, 0.1) is 5.56 Å². The highest BCUT2D eigenvalue weighted by Gasteiger charge is 2.21. The molecule has 0 bridgehead atoms. The number of carbonyl (C=O) groups excluding carboxylic acids is 2. The molecule has 1 aliphatic heterocycles. The highest BCUT2D eigenvalue weighted by molar-refractivity contribution is 6.00. The molecule has 2 rings (SSSR count). The van der Waals surface area contributed by atoms with E-state index in [9.17, 15) is 9.59 Å². The van der Waals surface area contributed by atoms with Crippen LogP contribution < -0.4 is 16.0 Å². The van der Waals surface area contributed by atoms with E-state index in [1.807, 2.05) is 32.0 Å². The van der Waals surface area contributed by atoms with Gasteiger partial charge in [-0.05, 0) is 38.0 Å². The van der Waals surface area contributed by atoms with E-state index in [0.717, 1.165) is 17.8 Å². The van der Waals surface area contributed by atoms with E-state index in [4.69, 9.17) is 0 Å². The van der Waals surface area contributed by atoms with Crippen molar-refractivity contribution in [2.45, 2.75) is 32.7 Å². The molecule has 1 aromatic carbocycles. The Balaban J connectivity index is 2.06. The highest BCUT2D eigenvalue weighted by atomic mass is 16.2. The number of anilines is 1. The molecule has 0 saturated carbocycles. The van der Waals surface area contributed by atoms with E-state index >= 15 is 0 Å². The van der Waals surface area contributed by atoms with Crippen LogP contribution in [0.4, 0.5) is 5.69 Å². The molecule has 2 amide bonds. The second kappa shape index (κ2) is 6.41. The number of piperidine rings is 1. The molecule has 0 radical (unpaired) electrons.